The van der Waals surface area contributed by atoms with Crippen molar-refractivity contribution >= 4 is 21.4 Å². The van der Waals surface area contributed by atoms with Crippen molar-refractivity contribution in [1.29, 1.82) is 0 Å². The Morgan fingerprint density at radius 3 is 2.61 bits per heavy atom. The molecule has 4 nitrogen and oxygen atoms in total. The lowest BCUT2D eigenvalue weighted by atomic mass is 10.1. The number of rotatable bonds is 8. The van der Waals surface area contributed by atoms with E-state index in [0.717, 1.165) is 24.3 Å². The van der Waals surface area contributed by atoms with Crippen LogP contribution in [0.5, 0.6) is 0 Å². The molecule has 0 saturated carbocycles. The van der Waals surface area contributed by atoms with Crippen LogP contribution in [0.3, 0.4) is 0 Å². The average Bonchev–Trinajstić information content (AvgIpc) is 2.74. The predicted octanol–water partition coefficient (Wildman–Crippen LogP) is 1.83. The number of hydrogen-bond donors (Lipinski definition) is 2. The predicted molar refractivity (Wildman–Crippen MR) is 76.6 cm³/mol. The fourth-order valence-corrected chi connectivity index (χ4v) is 3.89. The molecule has 0 fully saturated rings. The first-order valence-electron chi connectivity index (χ1n) is 6.18. The lowest BCUT2D eigenvalue weighted by Crippen LogP contribution is -2.24. The van der Waals surface area contributed by atoms with Crippen molar-refractivity contribution in [2.45, 2.75) is 30.9 Å². The third kappa shape index (κ3) is 5.06. The Hall–Kier alpha value is -0.430. The van der Waals surface area contributed by atoms with E-state index in [0.29, 0.717) is 16.7 Å². The minimum atomic E-state index is -3.31. The van der Waals surface area contributed by atoms with Crippen LogP contribution in [0.15, 0.2) is 16.3 Å². The molecule has 0 amide bonds. The maximum Gasteiger partial charge on any atom is 0.250 e. The van der Waals surface area contributed by atoms with E-state index >= 15 is 0 Å². The zero-order chi connectivity index (χ0) is 13.6. The largest absolute Gasteiger partial charge is 0.319 e. The molecule has 0 aliphatic carbocycles. The first-order chi connectivity index (χ1) is 8.45. The molecule has 0 atom stereocenters. The highest BCUT2D eigenvalue weighted by molar-refractivity contribution is 7.91. The lowest BCUT2D eigenvalue weighted by Gasteiger charge is -2.06. The van der Waals surface area contributed by atoms with Crippen LogP contribution in [0.1, 0.15) is 25.1 Å². The van der Waals surface area contributed by atoms with Crippen LogP contribution in [-0.4, -0.2) is 28.6 Å². The molecule has 104 valence electrons. The minimum Gasteiger partial charge on any atom is -0.319 e. The van der Waals surface area contributed by atoms with Gasteiger partial charge in [0.25, 0.3) is 0 Å². The van der Waals surface area contributed by atoms with Gasteiger partial charge in [-0.15, -0.1) is 11.3 Å². The Labute approximate surface area is 114 Å². The Balaban J connectivity index is 2.58. The molecular weight excluding hydrogens is 268 g/mol. The topological polar surface area (TPSA) is 58.2 Å². The second-order valence-electron chi connectivity index (χ2n) is 4.65. The first kappa shape index (κ1) is 15.6. The third-order valence-corrected chi connectivity index (χ3v) is 5.63. The Morgan fingerprint density at radius 2 is 2.00 bits per heavy atom. The van der Waals surface area contributed by atoms with Crippen molar-refractivity contribution in [2.24, 2.45) is 5.92 Å². The number of hydrogen-bond acceptors (Lipinski definition) is 4. The number of thiophene rings is 1. The molecule has 0 aromatic carbocycles. The highest BCUT2D eigenvalue weighted by atomic mass is 32.2. The van der Waals surface area contributed by atoms with E-state index in [4.69, 9.17) is 0 Å². The highest BCUT2D eigenvalue weighted by Crippen LogP contribution is 2.21. The van der Waals surface area contributed by atoms with Gasteiger partial charge in [-0.25, -0.2) is 13.1 Å². The molecule has 1 rings (SSSR count). The van der Waals surface area contributed by atoms with Gasteiger partial charge < -0.3 is 5.32 Å². The van der Waals surface area contributed by atoms with Gasteiger partial charge in [0.15, 0.2) is 0 Å². The summed E-state index contributed by atoms with van der Waals surface area (Å²) < 4.78 is 27.0. The summed E-state index contributed by atoms with van der Waals surface area (Å²) in [6.45, 7) is 5.52. The number of sulfonamides is 1. The van der Waals surface area contributed by atoms with Crippen LogP contribution >= 0.6 is 11.3 Å². The number of nitrogens with one attached hydrogen (secondary N) is 2. The fraction of sp³-hybridized carbons (Fsp3) is 0.667. The van der Waals surface area contributed by atoms with Gasteiger partial charge >= 0.3 is 0 Å². The van der Waals surface area contributed by atoms with Crippen LogP contribution in [0, 0.1) is 5.92 Å². The van der Waals surface area contributed by atoms with Gasteiger partial charge in [0, 0.05) is 11.4 Å². The maximum atomic E-state index is 12.0. The SMILES string of the molecule is CNCCc1ccc(S(=O)(=O)NCCC(C)C)s1. The monoisotopic (exact) mass is 290 g/mol. The zero-order valence-electron chi connectivity index (χ0n) is 11.2. The first-order valence-corrected chi connectivity index (χ1v) is 8.48. The van der Waals surface area contributed by atoms with Gasteiger partial charge in [0.1, 0.15) is 4.21 Å². The molecule has 1 aromatic heterocycles. The van der Waals surface area contributed by atoms with E-state index in [2.05, 4.69) is 23.9 Å². The molecule has 2 N–H and O–H groups in total. The highest BCUT2D eigenvalue weighted by Gasteiger charge is 2.16. The summed E-state index contributed by atoms with van der Waals surface area (Å²) in [5.41, 5.74) is 0. The van der Waals surface area contributed by atoms with Crippen molar-refractivity contribution < 1.29 is 8.42 Å². The van der Waals surface area contributed by atoms with E-state index in [1.54, 1.807) is 6.07 Å². The van der Waals surface area contributed by atoms with Crippen molar-refractivity contribution in [3.05, 3.63) is 17.0 Å². The van der Waals surface area contributed by atoms with Gasteiger partial charge in [0.2, 0.25) is 10.0 Å². The summed E-state index contributed by atoms with van der Waals surface area (Å²) in [5, 5.41) is 3.05. The van der Waals surface area contributed by atoms with E-state index in [-0.39, 0.29) is 0 Å². The zero-order valence-corrected chi connectivity index (χ0v) is 12.8. The van der Waals surface area contributed by atoms with Crippen molar-refractivity contribution in [2.75, 3.05) is 20.1 Å². The van der Waals surface area contributed by atoms with Crippen LogP contribution in [0.25, 0.3) is 0 Å². The van der Waals surface area contributed by atoms with Crippen molar-refractivity contribution in [1.82, 2.24) is 10.0 Å². The van der Waals surface area contributed by atoms with Gasteiger partial charge in [-0.1, -0.05) is 13.8 Å². The molecule has 0 radical (unpaired) electrons. The molecule has 0 aliphatic heterocycles. The maximum absolute atomic E-state index is 12.0. The Morgan fingerprint density at radius 1 is 1.28 bits per heavy atom. The molecule has 0 spiro atoms. The Kier molecular flexibility index (Phi) is 6.28. The summed E-state index contributed by atoms with van der Waals surface area (Å²) in [4.78, 5) is 1.09. The average molecular weight is 290 g/mol. The molecule has 0 bridgehead atoms. The fourth-order valence-electron chi connectivity index (χ4n) is 1.44. The summed E-state index contributed by atoms with van der Waals surface area (Å²) in [6.07, 6.45) is 1.72. The van der Waals surface area contributed by atoms with Crippen LogP contribution in [0.4, 0.5) is 0 Å². The lowest BCUT2D eigenvalue weighted by molar-refractivity contribution is 0.553. The second kappa shape index (κ2) is 7.23. The van der Waals surface area contributed by atoms with Crippen LogP contribution in [0.2, 0.25) is 0 Å². The van der Waals surface area contributed by atoms with Gasteiger partial charge in [-0.3, -0.25) is 0 Å². The molecule has 6 heteroatoms. The summed E-state index contributed by atoms with van der Waals surface area (Å²) in [7, 11) is -1.42. The number of likely N-dealkylation sites (N-methyl/N-ethyl adjacent to an activating group) is 1. The normalized spacial score (nSPS) is 12.2. The molecule has 0 unspecified atom stereocenters. The minimum absolute atomic E-state index is 0.414. The molecule has 1 aromatic rings. The second-order valence-corrected chi connectivity index (χ2v) is 7.82. The summed E-state index contributed by atoms with van der Waals surface area (Å²) in [5.74, 6) is 0.502. The van der Waals surface area contributed by atoms with Crippen molar-refractivity contribution in [3.8, 4) is 0 Å². The molecule has 1 heterocycles. The quantitative estimate of drug-likeness (QED) is 0.768. The van der Waals surface area contributed by atoms with E-state index < -0.39 is 10.0 Å². The van der Waals surface area contributed by atoms with Gasteiger partial charge in [0.05, 0.1) is 0 Å². The molecule has 0 aliphatic rings. The van der Waals surface area contributed by atoms with Crippen LogP contribution in [-0.2, 0) is 16.4 Å². The molecule has 0 saturated heterocycles. The third-order valence-electron chi connectivity index (χ3n) is 2.54. The summed E-state index contributed by atoms with van der Waals surface area (Å²) in [6, 6.07) is 3.58. The Bertz CT molecular complexity index is 452. The van der Waals surface area contributed by atoms with Crippen LogP contribution < -0.4 is 10.0 Å². The van der Waals surface area contributed by atoms with Gasteiger partial charge in [-0.05, 0) is 44.5 Å². The van der Waals surface area contributed by atoms with E-state index in [1.165, 1.54) is 11.3 Å². The van der Waals surface area contributed by atoms with E-state index in [1.807, 2.05) is 13.1 Å². The smallest absolute Gasteiger partial charge is 0.250 e. The standard InChI is InChI=1S/C12H22N2O2S2/c1-10(2)6-9-14-18(15,16)12-5-4-11(17-12)7-8-13-3/h4-5,10,13-14H,6-9H2,1-3H3. The molecule has 18 heavy (non-hydrogen) atoms. The van der Waals surface area contributed by atoms with Gasteiger partial charge in [-0.2, -0.15) is 0 Å². The van der Waals surface area contributed by atoms with E-state index in [9.17, 15) is 8.42 Å². The molecular formula is C12H22N2O2S2. The summed E-state index contributed by atoms with van der Waals surface area (Å²) >= 11 is 1.35. The van der Waals surface area contributed by atoms with Crippen molar-refractivity contribution in [3.63, 3.8) is 0 Å².